The summed E-state index contributed by atoms with van der Waals surface area (Å²) in [7, 11) is 0. The molecule has 4 N–H and O–H groups in total. The first-order valence-corrected chi connectivity index (χ1v) is 11.4. The highest BCUT2D eigenvalue weighted by Crippen LogP contribution is 2.34. The predicted octanol–water partition coefficient (Wildman–Crippen LogP) is 1.23. The highest BCUT2D eigenvalue weighted by molar-refractivity contribution is 6.31. The van der Waals surface area contributed by atoms with E-state index >= 15 is 0 Å². The van der Waals surface area contributed by atoms with Crippen molar-refractivity contribution in [1.82, 2.24) is 4.90 Å². The second-order valence-electron chi connectivity index (χ2n) is 8.45. The molecule has 2 aliphatic heterocycles. The Balaban J connectivity index is 1.52. The first-order chi connectivity index (χ1) is 16.2. The summed E-state index contributed by atoms with van der Waals surface area (Å²) in [6.45, 7) is 1.59. The molecule has 2 aromatic rings. The Morgan fingerprint density at radius 1 is 1.03 bits per heavy atom. The number of hydrogen-bond donors (Lipinski definition) is 4. The number of benzene rings is 2. The molecule has 4 rings (SSSR count). The lowest BCUT2D eigenvalue weighted by Crippen LogP contribution is -2.55. The lowest BCUT2D eigenvalue weighted by molar-refractivity contribution is -0.231. The van der Waals surface area contributed by atoms with Gasteiger partial charge in [0.1, 0.15) is 37.1 Å². The van der Waals surface area contributed by atoms with Crippen molar-refractivity contribution in [3.05, 3.63) is 64.2 Å². The van der Waals surface area contributed by atoms with Crippen LogP contribution in [0.1, 0.15) is 29.7 Å². The zero-order chi connectivity index (χ0) is 24.6. The monoisotopic (exact) mass is 490 g/mol. The molecule has 2 aromatic carbocycles. The number of likely N-dealkylation sites (N-methyl/N-ethyl adjacent to an activating group) is 1. The van der Waals surface area contributed by atoms with Gasteiger partial charge in [-0.1, -0.05) is 35.9 Å². The molecule has 2 saturated heterocycles. The number of amides is 3. The van der Waals surface area contributed by atoms with Crippen molar-refractivity contribution < 1.29 is 34.8 Å². The number of nitrogens with zero attached hydrogens (tertiary/aromatic N) is 2. The SMILES string of the molecule is CCN1C(=O)CN(c2ccc(Cc3cc([C@@H]4OC(CO)[C@H](O)[C@H](O)C4O)ccc3Cl)cc2)C1=O. The molecule has 0 saturated carbocycles. The van der Waals surface area contributed by atoms with Crippen molar-refractivity contribution in [2.75, 3.05) is 24.6 Å². The van der Waals surface area contributed by atoms with Crippen LogP contribution in [-0.2, 0) is 16.0 Å². The van der Waals surface area contributed by atoms with Crippen LogP contribution in [0.25, 0.3) is 0 Å². The van der Waals surface area contributed by atoms with Crippen LogP contribution in [-0.4, -0.2) is 81.4 Å². The molecule has 3 amide bonds. The van der Waals surface area contributed by atoms with Gasteiger partial charge in [0, 0.05) is 17.3 Å². The Morgan fingerprint density at radius 3 is 2.35 bits per heavy atom. The van der Waals surface area contributed by atoms with Crippen LogP contribution < -0.4 is 4.90 Å². The third-order valence-corrected chi connectivity index (χ3v) is 6.67. The van der Waals surface area contributed by atoms with Gasteiger partial charge >= 0.3 is 6.03 Å². The summed E-state index contributed by atoms with van der Waals surface area (Å²) in [5, 5.41) is 40.5. The van der Waals surface area contributed by atoms with E-state index in [1.54, 1.807) is 37.3 Å². The summed E-state index contributed by atoms with van der Waals surface area (Å²) in [5.41, 5.74) is 2.82. The summed E-state index contributed by atoms with van der Waals surface area (Å²) in [6, 6.07) is 12.0. The fourth-order valence-electron chi connectivity index (χ4n) is 4.35. The first-order valence-electron chi connectivity index (χ1n) is 11.0. The Bertz CT molecular complexity index is 1060. The van der Waals surface area contributed by atoms with Crippen LogP contribution in [0.15, 0.2) is 42.5 Å². The number of aliphatic hydroxyl groups is 4. The third-order valence-electron chi connectivity index (χ3n) is 6.31. The number of rotatable bonds is 6. The van der Waals surface area contributed by atoms with Crippen LogP contribution in [0.2, 0.25) is 5.02 Å². The van der Waals surface area contributed by atoms with Crippen molar-refractivity contribution in [2.24, 2.45) is 0 Å². The molecule has 2 heterocycles. The first kappa shape index (κ1) is 24.6. The van der Waals surface area contributed by atoms with E-state index in [4.69, 9.17) is 16.3 Å². The second kappa shape index (κ2) is 9.99. The van der Waals surface area contributed by atoms with Crippen molar-refractivity contribution >= 4 is 29.2 Å². The van der Waals surface area contributed by atoms with E-state index in [0.29, 0.717) is 29.2 Å². The predicted molar refractivity (Wildman–Crippen MR) is 124 cm³/mol. The maximum atomic E-state index is 12.4. The van der Waals surface area contributed by atoms with E-state index < -0.39 is 37.1 Å². The average Bonchev–Trinajstić information content (AvgIpc) is 3.12. The molecule has 0 aliphatic carbocycles. The van der Waals surface area contributed by atoms with Crippen molar-refractivity contribution in [1.29, 1.82) is 0 Å². The van der Waals surface area contributed by atoms with E-state index in [-0.39, 0.29) is 18.5 Å². The van der Waals surface area contributed by atoms with Crippen LogP contribution >= 0.6 is 11.6 Å². The van der Waals surface area contributed by atoms with Gasteiger partial charge in [-0.25, -0.2) is 4.79 Å². The second-order valence-corrected chi connectivity index (χ2v) is 8.86. The zero-order valence-electron chi connectivity index (χ0n) is 18.5. The van der Waals surface area contributed by atoms with Gasteiger partial charge in [-0.15, -0.1) is 0 Å². The van der Waals surface area contributed by atoms with Gasteiger partial charge in [0.25, 0.3) is 5.91 Å². The third kappa shape index (κ3) is 4.55. The van der Waals surface area contributed by atoms with Gasteiger partial charge in [0.2, 0.25) is 0 Å². The Labute approximate surface area is 201 Å². The van der Waals surface area contributed by atoms with Gasteiger partial charge in [-0.3, -0.25) is 14.6 Å². The number of hydrogen-bond acceptors (Lipinski definition) is 7. The van der Waals surface area contributed by atoms with E-state index in [2.05, 4.69) is 0 Å². The molecule has 0 bridgehead atoms. The quantitative estimate of drug-likeness (QED) is 0.448. The summed E-state index contributed by atoms with van der Waals surface area (Å²) in [4.78, 5) is 27.0. The maximum absolute atomic E-state index is 12.4. The normalized spacial score (nSPS) is 27.5. The molecule has 2 unspecified atom stereocenters. The van der Waals surface area contributed by atoms with Crippen molar-refractivity contribution in [2.45, 2.75) is 43.9 Å². The number of aliphatic hydroxyl groups excluding tert-OH is 4. The van der Waals surface area contributed by atoms with Crippen molar-refractivity contribution in [3.63, 3.8) is 0 Å². The molecular formula is C24H27ClN2O7. The van der Waals surface area contributed by atoms with Gasteiger partial charge in [0.15, 0.2) is 0 Å². The number of imide groups is 1. The molecular weight excluding hydrogens is 464 g/mol. The highest BCUT2D eigenvalue weighted by atomic mass is 35.5. The lowest BCUT2D eigenvalue weighted by Gasteiger charge is -2.40. The topological polar surface area (TPSA) is 131 Å². The summed E-state index contributed by atoms with van der Waals surface area (Å²) in [6.07, 6.45) is -5.78. The number of anilines is 1. The van der Waals surface area contributed by atoms with Crippen LogP contribution in [0, 0.1) is 0 Å². The highest BCUT2D eigenvalue weighted by Gasteiger charge is 2.44. The van der Waals surface area contributed by atoms with Crippen LogP contribution in [0.5, 0.6) is 0 Å². The number of carbonyl (C=O) groups excluding carboxylic acids is 2. The smallest absolute Gasteiger partial charge is 0.331 e. The molecule has 10 heteroatoms. The fraction of sp³-hybridized carbons (Fsp3) is 0.417. The molecule has 9 nitrogen and oxygen atoms in total. The van der Waals surface area contributed by atoms with Gasteiger partial charge in [-0.05, 0) is 48.2 Å². The minimum Gasteiger partial charge on any atom is -0.394 e. The number of halogens is 1. The van der Waals surface area contributed by atoms with Gasteiger partial charge in [0.05, 0.1) is 6.61 Å². The summed E-state index contributed by atoms with van der Waals surface area (Å²) >= 11 is 6.40. The summed E-state index contributed by atoms with van der Waals surface area (Å²) < 4.78 is 5.65. The number of ether oxygens (including phenoxy) is 1. The molecule has 0 spiro atoms. The largest absolute Gasteiger partial charge is 0.394 e. The lowest BCUT2D eigenvalue weighted by atomic mass is 9.90. The number of carbonyl (C=O) groups is 2. The molecule has 0 radical (unpaired) electrons. The average molecular weight is 491 g/mol. The molecule has 5 atom stereocenters. The zero-order valence-corrected chi connectivity index (χ0v) is 19.3. The molecule has 0 aromatic heterocycles. The Morgan fingerprint density at radius 2 is 1.74 bits per heavy atom. The molecule has 34 heavy (non-hydrogen) atoms. The Hall–Kier alpha value is -2.53. The standard InChI is InChI=1S/C24H27ClN2O7/c1-2-26-19(29)11-27(24(26)33)16-6-3-13(4-7-16)9-15-10-14(5-8-17(15)25)23-22(32)21(31)20(30)18(12-28)34-23/h3-8,10,18,20-23,28,30-32H,2,9,11-12H2,1H3/t18?,20-,21-,22?,23-/m0/s1. The van der Waals surface area contributed by atoms with E-state index in [9.17, 15) is 30.0 Å². The van der Waals surface area contributed by atoms with Crippen molar-refractivity contribution in [3.8, 4) is 0 Å². The van der Waals surface area contributed by atoms with Crippen LogP contribution in [0.4, 0.5) is 10.5 Å². The molecule has 2 fully saturated rings. The van der Waals surface area contributed by atoms with E-state index in [1.165, 1.54) is 9.80 Å². The van der Waals surface area contributed by atoms with E-state index in [0.717, 1.165) is 11.1 Å². The fourth-order valence-corrected chi connectivity index (χ4v) is 4.54. The van der Waals surface area contributed by atoms with E-state index in [1.807, 2.05) is 12.1 Å². The minimum atomic E-state index is -1.47. The maximum Gasteiger partial charge on any atom is 0.331 e. The number of urea groups is 1. The minimum absolute atomic E-state index is 0.0129. The van der Waals surface area contributed by atoms with Gasteiger partial charge < -0.3 is 25.2 Å². The van der Waals surface area contributed by atoms with Gasteiger partial charge in [-0.2, -0.15) is 0 Å². The van der Waals surface area contributed by atoms with Crippen LogP contribution in [0.3, 0.4) is 0 Å². The molecule has 2 aliphatic rings. The summed E-state index contributed by atoms with van der Waals surface area (Å²) in [5.74, 6) is -0.228. The molecule has 182 valence electrons. The Kier molecular flexibility index (Phi) is 7.22.